The molecule has 7 nitrogen and oxygen atoms in total. The third-order valence-electron chi connectivity index (χ3n) is 3.12. The molecule has 21 heavy (non-hydrogen) atoms. The summed E-state index contributed by atoms with van der Waals surface area (Å²) >= 11 is 0. The van der Waals surface area contributed by atoms with Crippen molar-refractivity contribution in [1.82, 2.24) is 14.9 Å². The molecular formula is C14H25N5O2. The maximum Gasteiger partial charge on any atom is 0.244 e. The van der Waals surface area contributed by atoms with E-state index in [9.17, 15) is 4.79 Å². The van der Waals surface area contributed by atoms with Crippen LogP contribution in [0.1, 0.15) is 27.2 Å². The number of carbonyl (C=O) groups is 1. The number of anilines is 2. The molecule has 0 saturated heterocycles. The first-order valence-electron chi connectivity index (χ1n) is 7.19. The highest BCUT2D eigenvalue weighted by Gasteiger charge is 2.20. The van der Waals surface area contributed by atoms with Crippen LogP contribution >= 0.6 is 0 Å². The Morgan fingerprint density at radius 1 is 1.38 bits per heavy atom. The molecule has 1 heterocycles. The van der Waals surface area contributed by atoms with Crippen LogP contribution in [0.4, 0.5) is 11.6 Å². The lowest BCUT2D eigenvalue weighted by Crippen LogP contribution is -2.39. The first-order valence-corrected chi connectivity index (χ1v) is 7.19. The van der Waals surface area contributed by atoms with E-state index in [2.05, 4.69) is 27.5 Å². The summed E-state index contributed by atoms with van der Waals surface area (Å²) in [6.45, 7) is 7.26. The molecule has 1 aromatic rings. The Labute approximate surface area is 126 Å². The third kappa shape index (κ3) is 4.47. The zero-order chi connectivity index (χ0) is 15.8. The Morgan fingerprint density at radius 3 is 2.62 bits per heavy atom. The highest BCUT2D eigenvalue weighted by atomic mass is 16.5. The minimum absolute atomic E-state index is 0.00114. The monoisotopic (exact) mass is 295 g/mol. The highest BCUT2D eigenvalue weighted by molar-refractivity contribution is 5.84. The standard InChI is InChI=1S/C14H25N5O2/c1-6-8-15-12-11(21-5)13(17-9-16-12)18-10(3)14(20)19(4)7-2/h9-10H,6-8H2,1-5H3,(H2,15,16,17,18). The zero-order valence-corrected chi connectivity index (χ0v) is 13.4. The van der Waals surface area contributed by atoms with E-state index in [1.807, 2.05) is 6.92 Å². The van der Waals surface area contributed by atoms with Gasteiger partial charge < -0.3 is 20.3 Å². The van der Waals surface area contributed by atoms with Gasteiger partial charge in [0.1, 0.15) is 12.4 Å². The highest BCUT2D eigenvalue weighted by Crippen LogP contribution is 2.29. The van der Waals surface area contributed by atoms with E-state index >= 15 is 0 Å². The van der Waals surface area contributed by atoms with E-state index < -0.39 is 6.04 Å². The molecular weight excluding hydrogens is 270 g/mol. The Bertz CT molecular complexity index is 467. The van der Waals surface area contributed by atoms with Crippen molar-refractivity contribution in [3.05, 3.63) is 6.33 Å². The molecule has 0 radical (unpaired) electrons. The van der Waals surface area contributed by atoms with E-state index in [0.29, 0.717) is 23.9 Å². The number of nitrogens with zero attached hydrogens (tertiary/aromatic N) is 3. The summed E-state index contributed by atoms with van der Waals surface area (Å²) in [6.07, 6.45) is 2.43. The van der Waals surface area contributed by atoms with Gasteiger partial charge in [0.2, 0.25) is 11.7 Å². The Morgan fingerprint density at radius 2 is 2.05 bits per heavy atom. The van der Waals surface area contributed by atoms with Crippen molar-refractivity contribution < 1.29 is 9.53 Å². The fourth-order valence-electron chi connectivity index (χ4n) is 1.79. The zero-order valence-electron chi connectivity index (χ0n) is 13.4. The van der Waals surface area contributed by atoms with Crippen LogP contribution in [0.2, 0.25) is 0 Å². The van der Waals surface area contributed by atoms with Gasteiger partial charge in [-0.1, -0.05) is 6.92 Å². The molecule has 0 spiro atoms. The van der Waals surface area contributed by atoms with Crippen LogP contribution in [0, 0.1) is 0 Å². The predicted molar refractivity (Wildman–Crippen MR) is 83.8 cm³/mol. The number of carbonyl (C=O) groups excluding carboxylic acids is 1. The summed E-state index contributed by atoms with van der Waals surface area (Å²) in [5.74, 6) is 1.66. The Hall–Kier alpha value is -2.05. The quantitative estimate of drug-likeness (QED) is 0.758. The summed E-state index contributed by atoms with van der Waals surface area (Å²) in [4.78, 5) is 22.1. The minimum atomic E-state index is -0.391. The number of amides is 1. The summed E-state index contributed by atoms with van der Waals surface area (Å²) in [5.41, 5.74) is 0. The van der Waals surface area contributed by atoms with Gasteiger partial charge in [-0.3, -0.25) is 4.79 Å². The van der Waals surface area contributed by atoms with Crippen LogP contribution in [0.3, 0.4) is 0 Å². The van der Waals surface area contributed by atoms with Crippen molar-refractivity contribution in [2.75, 3.05) is 37.9 Å². The normalized spacial score (nSPS) is 11.7. The summed E-state index contributed by atoms with van der Waals surface area (Å²) < 4.78 is 5.37. The van der Waals surface area contributed by atoms with Crippen LogP contribution in [0.5, 0.6) is 5.75 Å². The van der Waals surface area contributed by atoms with Crippen LogP contribution < -0.4 is 15.4 Å². The number of aromatic nitrogens is 2. The van der Waals surface area contributed by atoms with E-state index in [-0.39, 0.29) is 5.91 Å². The molecule has 0 aliphatic rings. The molecule has 0 aliphatic carbocycles. The lowest BCUT2D eigenvalue weighted by Gasteiger charge is -2.22. The topological polar surface area (TPSA) is 79.4 Å². The SMILES string of the molecule is CCCNc1ncnc(NC(C)C(=O)N(C)CC)c1OC. The van der Waals surface area contributed by atoms with Gasteiger partial charge in [-0.15, -0.1) is 0 Å². The second kappa shape index (κ2) is 8.28. The summed E-state index contributed by atoms with van der Waals surface area (Å²) in [6, 6.07) is -0.391. The van der Waals surface area contributed by atoms with Crippen molar-refractivity contribution in [2.45, 2.75) is 33.2 Å². The first kappa shape index (κ1) is 17.0. The van der Waals surface area contributed by atoms with Gasteiger partial charge in [0, 0.05) is 20.1 Å². The minimum Gasteiger partial charge on any atom is -0.490 e. The number of rotatable bonds is 8. The molecule has 0 aromatic carbocycles. The van der Waals surface area contributed by atoms with Gasteiger partial charge in [-0.05, 0) is 20.3 Å². The Balaban J connectivity index is 2.89. The van der Waals surface area contributed by atoms with Crippen molar-refractivity contribution in [2.24, 2.45) is 0 Å². The van der Waals surface area contributed by atoms with Crippen molar-refractivity contribution in [3.63, 3.8) is 0 Å². The molecule has 7 heteroatoms. The average molecular weight is 295 g/mol. The second-order valence-electron chi connectivity index (χ2n) is 4.75. The van der Waals surface area contributed by atoms with Gasteiger partial charge in [0.25, 0.3) is 0 Å². The fraction of sp³-hybridized carbons (Fsp3) is 0.643. The van der Waals surface area contributed by atoms with Crippen molar-refractivity contribution in [3.8, 4) is 5.75 Å². The van der Waals surface area contributed by atoms with Gasteiger partial charge in [0.15, 0.2) is 11.6 Å². The average Bonchev–Trinajstić information content (AvgIpc) is 2.51. The van der Waals surface area contributed by atoms with E-state index in [0.717, 1.165) is 13.0 Å². The van der Waals surface area contributed by atoms with Crippen molar-refractivity contribution in [1.29, 1.82) is 0 Å². The van der Waals surface area contributed by atoms with Crippen LogP contribution in [-0.2, 0) is 4.79 Å². The molecule has 0 aliphatic heterocycles. The molecule has 0 bridgehead atoms. The molecule has 0 saturated carbocycles. The van der Waals surface area contributed by atoms with Gasteiger partial charge in [0.05, 0.1) is 7.11 Å². The van der Waals surface area contributed by atoms with Crippen LogP contribution in [0.25, 0.3) is 0 Å². The molecule has 1 unspecified atom stereocenters. The number of hydrogen-bond donors (Lipinski definition) is 2. The first-order chi connectivity index (χ1) is 10.0. The number of hydrogen-bond acceptors (Lipinski definition) is 6. The molecule has 1 atom stereocenters. The summed E-state index contributed by atoms with van der Waals surface area (Å²) in [7, 11) is 3.33. The Kier molecular flexibility index (Phi) is 6.71. The molecule has 1 amide bonds. The maximum atomic E-state index is 12.1. The lowest BCUT2D eigenvalue weighted by atomic mass is 10.3. The fourth-order valence-corrected chi connectivity index (χ4v) is 1.79. The van der Waals surface area contributed by atoms with E-state index in [1.54, 1.807) is 26.0 Å². The molecule has 0 fully saturated rings. The van der Waals surface area contributed by atoms with Gasteiger partial charge in [-0.25, -0.2) is 9.97 Å². The smallest absolute Gasteiger partial charge is 0.244 e. The second-order valence-corrected chi connectivity index (χ2v) is 4.75. The molecule has 118 valence electrons. The number of methoxy groups -OCH3 is 1. The summed E-state index contributed by atoms with van der Waals surface area (Å²) in [5, 5.41) is 6.27. The van der Waals surface area contributed by atoms with E-state index in [1.165, 1.54) is 6.33 Å². The molecule has 1 rings (SSSR count). The van der Waals surface area contributed by atoms with Gasteiger partial charge in [-0.2, -0.15) is 0 Å². The number of likely N-dealkylation sites (N-methyl/N-ethyl adjacent to an activating group) is 1. The third-order valence-corrected chi connectivity index (χ3v) is 3.12. The van der Waals surface area contributed by atoms with Crippen LogP contribution in [-0.4, -0.2) is 54.1 Å². The van der Waals surface area contributed by atoms with E-state index in [4.69, 9.17) is 4.74 Å². The number of ether oxygens (including phenoxy) is 1. The molecule has 1 aromatic heterocycles. The van der Waals surface area contributed by atoms with Crippen LogP contribution in [0.15, 0.2) is 6.33 Å². The molecule has 2 N–H and O–H groups in total. The largest absolute Gasteiger partial charge is 0.490 e. The number of nitrogens with one attached hydrogen (secondary N) is 2. The maximum absolute atomic E-state index is 12.1. The van der Waals surface area contributed by atoms with Gasteiger partial charge >= 0.3 is 0 Å². The van der Waals surface area contributed by atoms with Crippen molar-refractivity contribution >= 4 is 17.5 Å². The predicted octanol–water partition coefficient (Wildman–Crippen LogP) is 1.59. The lowest BCUT2D eigenvalue weighted by molar-refractivity contribution is -0.130.